The molecule has 2 fully saturated rings. The summed E-state index contributed by atoms with van der Waals surface area (Å²) in [7, 11) is 0. The predicted octanol–water partition coefficient (Wildman–Crippen LogP) is 2.78. The molecule has 3 rings (SSSR count). The van der Waals surface area contributed by atoms with Crippen LogP contribution in [-0.4, -0.2) is 38.8 Å². The average molecular weight is 373 g/mol. The van der Waals surface area contributed by atoms with Gasteiger partial charge in [0, 0.05) is 36.1 Å². The fourth-order valence-electron chi connectivity index (χ4n) is 3.44. The molecule has 134 valence electrons. The van der Waals surface area contributed by atoms with Crippen molar-refractivity contribution in [3.05, 3.63) is 34.9 Å². The maximum absolute atomic E-state index is 12.5. The number of hydrogen-bond acceptors (Lipinski definition) is 3. The second kappa shape index (κ2) is 8.52. The molecule has 0 saturated carbocycles. The summed E-state index contributed by atoms with van der Waals surface area (Å²) < 4.78 is 5.54. The third kappa shape index (κ3) is 4.23. The Morgan fingerprint density at radius 2 is 2.12 bits per heavy atom. The van der Waals surface area contributed by atoms with E-state index in [9.17, 15) is 4.79 Å². The highest BCUT2D eigenvalue weighted by atomic mass is 35.5. The molecule has 0 radical (unpaired) electrons. The van der Waals surface area contributed by atoms with E-state index in [4.69, 9.17) is 16.3 Å². The third-order valence-corrected chi connectivity index (χ3v) is 5.66. The zero-order valence-electron chi connectivity index (χ0n) is 14.0. The maximum Gasteiger partial charge on any atom is 0.223 e. The minimum absolute atomic E-state index is 0. The Bertz CT molecular complexity index is 558. The molecule has 1 aromatic carbocycles. The van der Waals surface area contributed by atoms with Crippen LogP contribution in [0.15, 0.2) is 24.3 Å². The van der Waals surface area contributed by atoms with Crippen molar-refractivity contribution in [2.75, 3.05) is 32.8 Å². The first-order chi connectivity index (χ1) is 11.1. The van der Waals surface area contributed by atoms with Crippen molar-refractivity contribution < 1.29 is 9.53 Å². The molecule has 1 unspecified atom stereocenters. The van der Waals surface area contributed by atoms with Gasteiger partial charge >= 0.3 is 0 Å². The van der Waals surface area contributed by atoms with Crippen LogP contribution < -0.4 is 10.6 Å². The molecule has 2 aliphatic rings. The molecule has 2 aliphatic heterocycles. The van der Waals surface area contributed by atoms with Gasteiger partial charge in [0.05, 0.1) is 0 Å². The molecule has 6 heteroatoms. The van der Waals surface area contributed by atoms with E-state index in [1.165, 1.54) is 5.56 Å². The summed E-state index contributed by atoms with van der Waals surface area (Å²) in [4.78, 5) is 12.5. The summed E-state index contributed by atoms with van der Waals surface area (Å²) >= 11 is 6.18. The molecule has 1 amide bonds. The van der Waals surface area contributed by atoms with Crippen molar-refractivity contribution in [3.8, 4) is 0 Å². The van der Waals surface area contributed by atoms with E-state index in [1.54, 1.807) is 0 Å². The maximum atomic E-state index is 12.5. The molecule has 1 aromatic rings. The van der Waals surface area contributed by atoms with Gasteiger partial charge in [-0.2, -0.15) is 0 Å². The standard InChI is InChI=1S/C18H25ClN2O2.ClH/c1-13(14-10-20-11-14)17(22)21-12-18(5-7-23-8-6-18)15-3-2-4-16(19)9-15;/h2-4,9,13-14,20H,5-8,10-12H2,1H3,(H,21,22);1H. The number of rotatable bonds is 5. The Morgan fingerprint density at radius 1 is 1.42 bits per heavy atom. The van der Waals surface area contributed by atoms with Gasteiger partial charge in [-0.25, -0.2) is 0 Å². The van der Waals surface area contributed by atoms with Gasteiger partial charge in [-0.05, 0) is 49.5 Å². The highest BCUT2D eigenvalue weighted by Crippen LogP contribution is 2.35. The number of amides is 1. The van der Waals surface area contributed by atoms with E-state index in [0.29, 0.717) is 12.5 Å². The first-order valence-electron chi connectivity index (χ1n) is 8.43. The van der Waals surface area contributed by atoms with E-state index in [-0.39, 0.29) is 29.6 Å². The van der Waals surface area contributed by atoms with Gasteiger partial charge in [0.1, 0.15) is 0 Å². The summed E-state index contributed by atoms with van der Waals surface area (Å²) in [5, 5.41) is 7.17. The van der Waals surface area contributed by atoms with Crippen LogP contribution in [0.5, 0.6) is 0 Å². The lowest BCUT2D eigenvalue weighted by atomic mass is 9.74. The largest absolute Gasteiger partial charge is 0.381 e. The number of nitrogens with one attached hydrogen (secondary N) is 2. The van der Waals surface area contributed by atoms with Crippen LogP contribution in [0.3, 0.4) is 0 Å². The van der Waals surface area contributed by atoms with Gasteiger partial charge in [0.2, 0.25) is 5.91 Å². The van der Waals surface area contributed by atoms with Gasteiger partial charge in [-0.3, -0.25) is 4.79 Å². The summed E-state index contributed by atoms with van der Waals surface area (Å²) in [5.41, 5.74) is 1.13. The number of ether oxygens (including phenoxy) is 1. The van der Waals surface area contributed by atoms with Gasteiger partial charge in [-0.15, -0.1) is 12.4 Å². The van der Waals surface area contributed by atoms with Crippen molar-refractivity contribution in [2.45, 2.75) is 25.2 Å². The number of benzene rings is 1. The lowest BCUT2D eigenvalue weighted by molar-refractivity contribution is -0.127. The quantitative estimate of drug-likeness (QED) is 0.835. The second-order valence-electron chi connectivity index (χ2n) is 6.83. The SMILES string of the molecule is CC(C(=O)NCC1(c2cccc(Cl)c2)CCOCC1)C1CNC1.Cl. The van der Waals surface area contributed by atoms with Gasteiger partial charge in [0.15, 0.2) is 0 Å². The monoisotopic (exact) mass is 372 g/mol. The number of halogens is 2. The predicted molar refractivity (Wildman–Crippen MR) is 99.0 cm³/mol. The number of carbonyl (C=O) groups is 1. The van der Waals surface area contributed by atoms with Crippen LogP contribution in [0.4, 0.5) is 0 Å². The Hall–Kier alpha value is -0.810. The minimum Gasteiger partial charge on any atom is -0.381 e. The smallest absolute Gasteiger partial charge is 0.223 e. The third-order valence-electron chi connectivity index (χ3n) is 5.42. The molecule has 0 bridgehead atoms. The van der Waals surface area contributed by atoms with Crippen molar-refractivity contribution >= 4 is 29.9 Å². The topological polar surface area (TPSA) is 50.4 Å². The highest BCUT2D eigenvalue weighted by Gasteiger charge is 2.36. The van der Waals surface area contributed by atoms with Gasteiger partial charge in [0.25, 0.3) is 0 Å². The Balaban J connectivity index is 0.00000208. The van der Waals surface area contributed by atoms with Crippen molar-refractivity contribution in [1.29, 1.82) is 0 Å². The van der Waals surface area contributed by atoms with Crippen LogP contribution in [-0.2, 0) is 14.9 Å². The van der Waals surface area contributed by atoms with E-state index in [1.807, 2.05) is 25.1 Å². The lowest BCUT2D eigenvalue weighted by Crippen LogP contribution is -2.51. The molecular formula is C18H26Cl2N2O2. The minimum atomic E-state index is -0.0730. The second-order valence-corrected chi connectivity index (χ2v) is 7.26. The first kappa shape index (κ1) is 19.5. The van der Waals surface area contributed by atoms with Crippen molar-refractivity contribution in [3.63, 3.8) is 0 Å². The molecule has 2 saturated heterocycles. The highest BCUT2D eigenvalue weighted by molar-refractivity contribution is 6.30. The first-order valence-corrected chi connectivity index (χ1v) is 8.81. The summed E-state index contributed by atoms with van der Waals surface area (Å²) in [6.07, 6.45) is 1.82. The fraction of sp³-hybridized carbons (Fsp3) is 0.611. The van der Waals surface area contributed by atoms with Crippen molar-refractivity contribution in [2.24, 2.45) is 11.8 Å². The average Bonchev–Trinajstić information content (AvgIpc) is 2.52. The summed E-state index contributed by atoms with van der Waals surface area (Å²) in [5.74, 6) is 0.684. The van der Waals surface area contributed by atoms with Crippen molar-refractivity contribution in [1.82, 2.24) is 10.6 Å². The Morgan fingerprint density at radius 3 is 2.71 bits per heavy atom. The van der Waals surface area contributed by atoms with Crippen LogP contribution >= 0.6 is 24.0 Å². The Labute approximate surface area is 155 Å². The van der Waals surface area contributed by atoms with Crippen LogP contribution in [0, 0.1) is 11.8 Å². The van der Waals surface area contributed by atoms with E-state index < -0.39 is 0 Å². The van der Waals surface area contributed by atoms with Gasteiger partial charge < -0.3 is 15.4 Å². The number of carbonyl (C=O) groups excluding carboxylic acids is 1. The zero-order chi connectivity index (χ0) is 16.3. The molecule has 0 aliphatic carbocycles. The van der Waals surface area contributed by atoms with Crippen LogP contribution in [0.25, 0.3) is 0 Å². The zero-order valence-corrected chi connectivity index (χ0v) is 15.6. The molecule has 0 spiro atoms. The fourth-order valence-corrected chi connectivity index (χ4v) is 3.63. The van der Waals surface area contributed by atoms with Crippen LogP contribution in [0.2, 0.25) is 5.02 Å². The van der Waals surface area contributed by atoms with Crippen LogP contribution in [0.1, 0.15) is 25.3 Å². The molecule has 1 atom stereocenters. The van der Waals surface area contributed by atoms with E-state index >= 15 is 0 Å². The molecule has 4 nitrogen and oxygen atoms in total. The van der Waals surface area contributed by atoms with E-state index in [2.05, 4.69) is 16.7 Å². The van der Waals surface area contributed by atoms with Gasteiger partial charge in [-0.1, -0.05) is 30.7 Å². The normalized spacial score (nSPS) is 21.2. The summed E-state index contributed by atoms with van der Waals surface area (Å²) in [6, 6.07) is 8.02. The number of hydrogen-bond donors (Lipinski definition) is 2. The molecule has 2 heterocycles. The molecular weight excluding hydrogens is 347 g/mol. The molecule has 24 heavy (non-hydrogen) atoms. The molecule has 0 aromatic heterocycles. The van der Waals surface area contributed by atoms with E-state index in [0.717, 1.165) is 44.2 Å². The molecule has 2 N–H and O–H groups in total. The Kier molecular flexibility index (Phi) is 6.93. The lowest BCUT2D eigenvalue weighted by Gasteiger charge is -2.39. The summed E-state index contributed by atoms with van der Waals surface area (Å²) in [6.45, 7) is 6.02.